The molecule has 0 heterocycles. The molecular formula is C16H18O2. The van der Waals surface area contributed by atoms with Crippen LogP contribution in [-0.2, 0) is 13.0 Å². The van der Waals surface area contributed by atoms with Crippen LogP contribution in [0.25, 0.3) is 0 Å². The van der Waals surface area contributed by atoms with Crippen molar-refractivity contribution in [2.75, 3.05) is 6.61 Å². The van der Waals surface area contributed by atoms with Crippen molar-refractivity contribution in [2.24, 2.45) is 0 Å². The highest BCUT2D eigenvalue weighted by molar-refractivity contribution is 5.40. The summed E-state index contributed by atoms with van der Waals surface area (Å²) in [5, 5.41) is 9.28. The molecule has 0 spiro atoms. The molecule has 0 amide bonds. The minimum Gasteiger partial charge on any atom is -0.493 e. The first-order chi connectivity index (χ1) is 8.81. The summed E-state index contributed by atoms with van der Waals surface area (Å²) in [7, 11) is 0. The Balaban J connectivity index is 1.98. The summed E-state index contributed by atoms with van der Waals surface area (Å²) < 4.78 is 5.80. The van der Waals surface area contributed by atoms with Crippen molar-refractivity contribution in [3.05, 3.63) is 65.2 Å². The third kappa shape index (κ3) is 3.11. The molecule has 0 aliphatic carbocycles. The normalized spacial score (nSPS) is 10.3. The molecule has 2 nitrogen and oxygen atoms in total. The Morgan fingerprint density at radius 2 is 1.78 bits per heavy atom. The molecule has 0 bridgehead atoms. The van der Waals surface area contributed by atoms with Gasteiger partial charge in [0.15, 0.2) is 0 Å². The van der Waals surface area contributed by atoms with Gasteiger partial charge in [0.1, 0.15) is 5.75 Å². The average molecular weight is 242 g/mol. The summed E-state index contributed by atoms with van der Waals surface area (Å²) >= 11 is 0. The third-order valence-corrected chi connectivity index (χ3v) is 2.94. The molecule has 1 N–H and O–H groups in total. The lowest BCUT2D eigenvalue weighted by atomic mass is 10.1. The lowest BCUT2D eigenvalue weighted by Gasteiger charge is -2.12. The Morgan fingerprint density at radius 1 is 1.00 bits per heavy atom. The number of rotatable bonds is 5. The molecular weight excluding hydrogens is 224 g/mol. The zero-order valence-electron chi connectivity index (χ0n) is 10.6. The lowest BCUT2D eigenvalue weighted by Crippen LogP contribution is -2.04. The fourth-order valence-corrected chi connectivity index (χ4v) is 1.96. The predicted octanol–water partition coefficient (Wildman–Crippen LogP) is 3.11. The molecule has 2 aromatic rings. The zero-order valence-corrected chi connectivity index (χ0v) is 10.6. The Kier molecular flexibility index (Phi) is 4.37. The second-order valence-corrected chi connectivity index (χ2v) is 4.31. The third-order valence-electron chi connectivity index (χ3n) is 2.94. The van der Waals surface area contributed by atoms with Gasteiger partial charge in [0.25, 0.3) is 0 Å². The fourth-order valence-electron chi connectivity index (χ4n) is 1.96. The number of aryl methyl sites for hydroxylation is 1. The minimum absolute atomic E-state index is 0.0162. The summed E-state index contributed by atoms with van der Waals surface area (Å²) in [6.07, 6.45) is 0.875. The number of ether oxygens (including phenoxy) is 1. The van der Waals surface area contributed by atoms with Gasteiger partial charge in [-0.2, -0.15) is 0 Å². The van der Waals surface area contributed by atoms with Gasteiger partial charge in [-0.1, -0.05) is 48.5 Å². The van der Waals surface area contributed by atoms with E-state index >= 15 is 0 Å². The van der Waals surface area contributed by atoms with Crippen molar-refractivity contribution in [1.29, 1.82) is 0 Å². The van der Waals surface area contributed by atoms with Crippen LogP contribution in [0, 0.1) is 6.92 Å². The SMILES string of the molecule is Cc1cccc(CO)c1OCCc1ccccc1. The summed E-state index contributed by atoms with van der Waals surface area (Å²) in [6.45, 7) is 2.64. The van der Waals surface area contributed by atoms with E-state index in [-0.39, 0.29) is 6.61 Å². The van der Waals surface area contributed by atoms with Crippen molar-refractivity contribution < 1.29 is 9.84 Å². The number of aliphatic hydroxyl groups is 1. The largest absolute Gasteiger partial charge is 0.493 e. The molecule has 0 fully saturated rings. The number of hydrogen-bond acceptors (Lipinski definition) is 2. The number of benzene rings is 2. The van der Waals surface area contributed by atoms with E-state index in [2.05, 4.69) is 12.1 Å². The van der Waals surface area contributed by atoms with Gasteiger partial charge in [0, 0.05) is 12.0 Å². The van der Waals surface area contributed by atoms with Crippen LogP contribution in [0.3, 0.4) is 0 Å². The van der Waals surface area contributed by atoms with Crippen molar-refractivity contribution in [3.8, 4) is 5.75 Å². The molecule has 2 aromatic carbocycles. The second kappa shape index (κ2) is 6.22. The highest BCUT2D eigenvalue weighted by Crippen LogP contribution is 2.23. The summed E-state index contributed by atoms with van der Waals surface area (Å²) in [5.74, 6) is 0.816. The van der Waals surface area contributed by atoms with Crippen LogP contribution in [0.4, 0.5) is 0 Å². The Morgan fingerprint density at radius 3 is 2.50 bits per heavy atom. The molecule has 0 aliphatic heterocycles. The van der Waals surface area contributed by atoms with Gasteiger partial charge in [-0.3, -0.25) is 0 Å². The second-order valence-electron chi connectivity index (χ2n) is 4.31. The Labute approximate surface area is 108 Å². The summed E-state index contributed by atoms with van der Waals surface area (Å²) in [4.78, 5) is 0. The summed E-state index contributed by atoms with van der Waals surface area (Å²) in [6, 6.07) is 16.1. The highest BCUT2D eigenvalue weighted by atomic mass is 16.5. The van der Waals surface area contributed by atoms with Gasteiger partial charge in [0.05, 0.1) is 13.2 Å². The zero-order chi connectivity index (χ0) is 12.8. The molecule has 0 aromatic heterocycles. The van der Waals surface area contributed by atoms with E-state index in [4.69, 9.17) is 4.74 Å². The fraction of sp³-hybridized carbons (Fsp3) is 0.250. The van der Waals surface area contributed by atoms with Crippen LogP contribution in [0.1, 0.15) is 16.7 Å². The number of para-hydroxylation sites is 1. The van der Waals surface area contributed by atoms with Crippen molar-refractivity contribution >= 4 is 0 Å². The first-order valence-electron chi connectivity index (χ1n) is 6.17. The maximum Gasteiger partial charge on any atom is 0.127 e. The van der Waals surface area contributed by atoms with Crippen molar-refractivity contribution in [2.45, 2.75) is 20.0 Å². The monoisotopic (exact) mass is 242 g/mol. The van der Waals surface area contributed by atoms with E-state index in [0.29, 0.717) is 6.61 Å². The maximum atomic E-state index is 9.28. The average Bonchev–Trinajstić information content (AvgIpc) is 2.41. The van der Waals surface area contributed by atoms with Gasteiger partial charge in [-0.15, -0.1) is 0 Å². The molecule has 94 valence electrons. The van der Waals surface area contributed by atoms with Gasteiger partial charge in [0.2, 0.25) is 0 Å². The molecule has 0 radical (unpaired) electrons. The van der Waals surface area contributed by atoms with Crippen LogP contribution in [-0.4, -0.2) is 11.7 Å². The van der Waals surface area contributed by atoms with Crippen molar-refractivity contribution in [1.82, 2.24) is 0 Å². The highest BCUT2D eigenvalue weighted by Gasteiger charge is 2.05. The maximum absolute atomic E-state index is 9.28. The van der Waals surface area contributed by atoms with Crippen molar-refractivity contribution in [3.63, 3.8) is 0 Å². The number of hydrogen-bond donors (Lipinski definition) is 1. The topological polar surface area (TPSA) is 29.5 Å². The first kappa shape index (κ1) is 12.7. The standard InChI is InChI=1S/C16H18O2/c1-13-6-5-9-15(12-17)16(13)18-11-10-14-7-3-2-4-8-14/h2-9,17H,10-12H2,1H3. The van der Waals surface area contributed by atoms with E-state index in [1.54, 1.807) is 0 Å². The Bertz CT molecular complexity index is 492. The predicted molar refractivity (Wildman–Crippen MR) is 72.7 cm³/mol. The van der Waals surface area contributed by atoms with E-state index in [1.807, 2.05) is 43.3 Å². The molecule has 18 heavy (non-hydrogen) atoms. The first-order valence-corrected chi connectivity index (χ1v) is 6.17. The molecule has 0 saturated carbocycles. The van der Waals surface area contributed by atoms with E-state index in [0.717, 1.165) is 23.3 Å². The van der Waals surface area contributed by atoms with Gasteiger partial charge >= 0.3 is 0 Å². The van der Waals surface area contributed by atoms with E-state index in [9.17, 15) is 5.11 Å². The van der Waals surface area contributed by atoms with E-state index < -0.39 is 0 Å². The van der Waals surface area contributed by atoms with Crippen LogP contribution in [0.15, 0.2) is 48.5 Å². The minimum atomic E-state index is 0.0162. The van der Waals surface area contributed by atoms with Crippen LogP contribution in [0.2, 0.25) is 0 Å². The summed E-state index contributed by atoms with van der Waals surface area (Å²) in [5.41, 5.74) is 3.18. The van der Waals surface area contributed by atoms with Gasteiger partial charge in [-0.05, 0) is 18.1 Å². The molecule has 0 unspecified atom stereocenters. The molecule has 0 aliphatic rings. The van der Waals surface area contributed by atoms with Crippen LogP contribution >= 0.6 is 0 Å². The number of aliphatic hydroxyl groups excluding tert-OH is 1. The van der Waals surface area contributed by atoms with Crippen LogP contribution in [0.5, 0.6) is 5.75 Å². The quantitative estimate of drug-likeness (QED) is 0.873. The molecule has 0 saturated heterocycles. The molecule has 2 rings (SSSR count). The van der Waals surface area contributed by atoms with Gasteiger partial charge < -0.3 is 9.84 Å². The Hall–Kier alpha value is -1.80. The lowest BCUT2D eigenvalue weighted by molar-refractivity contribution is 0.263. The molecule has 2 heteroatoms. The smallest absolute Gasteiger partial charge is 0.127 e. The van der Waals surface area contributed by atoms with Gasteiger partial charge in [-0.25, -0.2) is 0 Å². The molecule has 0 atom stereocenters. The van der Waals surface area contributed by atoms with Crippen LogP contribution < -0.4 is 4.74 Å². The van der Waals surface area contributed by atoms with E-state index in [1.165, 1.54) is 5.56 Å².